The third kappa shape index (κ3) is 3.63. The quantitative estimate of drug-likeness (QED) is 0.879. The normalized spacial score (nSPS) is 11.8. The van der Waals surface area contributed by atoms with E-state index in [0.29, 0.717) is 17.2 Å². The smallest absolute Gasteiger partial charge is 0.255 e. The first-order valence-electron chi connectivity index (χ1n) is 7.20. The fourth-order valence-corrected chi connectivity index (χ4v) is 2.22. The van der Waals surface area contributed by atoms with E-state index in [1.165, 1.54) is 0 Å². The molecule has 1 atom stereocenters. The second-order valence-corrected chi connectivity index (χ2v) is 5.08. The van der Waals surface area contributed by atoms with Gasteiger partial charge in [-0.25, -0.2) is 0 Å². The lowest BCUT2D eigenvalue weighted by Crippen LogP contribution is -2.14. The second-order valence-electron chi connectivity index (χ2n) is 5.08. The number of benzene rings is 2. The van der Waals surface area contributed by atoms with Crippen molar-refractivity contribution in [3.8, 4) is 5.75 Å². The fraction of sp³-hybridized carbons (Fsp3) is 0.278. The molecule has 0 unspecified atom stereocenters. The van der Waals surface area contributed by atoms with Gasteiger partial charge in [0.25, 0.3) is 5.91 Å². The average Bonchev–Trinajstić information content (AvgIpc) is 2.54. The topological polar surface area (TPSA) is 38.3 Å². The molecular weight excluding hydrogens is 262 g/mol. The molecule has 0 aliphatic heterocycles. The Kier molecular flexibility index (Phi) is 4.99. The van der Waals surface area contributed by atoms with Crippen molar-refractivity contribution in [3.63, 3.8) is 0 Å². The summed E-state index contributed by atoms with van der Waals surface area (Å²) in [7, 11) is 1.59. The summed E-state index contributed by atoms with van der Waals surface area (Å²) < 4.78 is 5.15. The molecule has 1 amide bonds. The van der Waals surface area contributed by atoms with E-state index < -0.39 is 0 Å². The molecule has 110 valence electrons. The van der Waals surface area contributed by atoms with Gasteiger partial charge >= 0.3 is 0 Å². The number of ether oxygens (including phenoxy) is 1. The van der Waals surface area contributed by atoms with E-state index >= 15 is 0 Å². The van der Waals surface area contributed by atoms with Crippen molar-refractivity contribution in [1.82, 2.24) is 0 Å². The van der Waals surface area contributed by atoms with Crippen LogP contribution in [0.1, 0.15) is 42.1 Å². The van der Waals surface area contributed by atoms with Gasteiger partial charge in [-0.05, 0) is 42.2 Å². The molecule has 0 bridgehead atoms. The van der Waals surface area contributed by atoms with Crippen LogP contribution in [-0.4, -0.2) is 13.0 Å². The van der Waals surface area contributed by atoms with Crippen LogP contribution in [0.4, 0.5) is 5.69 Å². The van der Waals surface area contributed by atoms with Gasteiger partial charge in [-0.1, -0.05) is 38.1 Å². The molecule has 1 N–H and O–H groups in total. The Morgan fingerprint density at radius 3 is 2.67 bits per heavy atom. The summed E-state index contributed by atoms with van der Waals surface area (Å²) >= 11 is 0. The highest BCUT2D eigenvalue weighted by Gasteiger charge is 2.12. The Hall–Kier alpha value is -2.29. The summed E-state index contributed by atoms with van der Waals surface area (Å²) in [4.78, 5) is 12.4. The summed E-state index contributed by atoms with van der Waals surface area (Å²) in [5.74, 6) is 0.967. The molecule has 2 rings (SSSR count). The Morgan fingerprint density at radius 1 is 1.19 bits per heavy atom. The SMILES string of the molecule is CC[C@H](C)c1ccccc1NC(=O)c1cccc(OC)c1. The van der Waals surface area contributed by atoms with Crippen molar-refractivity contribution in [2.45, 2.75) is 26.2 Å². The predicted molar refractivity (Wildman–Crippen MR) is 86.1 cm³/mol. The number of amides is 1. The van der Waals surface area contributed by atoms with Gasteiger partial charge in [-0.15, -0.1) is 0 Å². The molecule has 0 fully saturated rings. The molecule has 2 aromatic rings. The monoisotopic (exact) mass is 283 g/mol. The van der Waals surface area contributed by atoms with Crippen LogP contribution >= 0.6 is 0 Å². The second kappa shape index (κ2) is 6.93. The number of para-hydroxylation sites is 1. The Morgan fingerprint density at radius 2 is 1.95 bits per heavy atom. The van der Waals surface area contributed by atoms with E-state index in [9.17, 15) is 4.79 Å². The molecule has 0 aromatic heterocycles. The maximum atomic E-state index is 12.4. The van der Waals surface area contributed by atoms with Gasteiger partial charge in [0, 0.05) is 11.3 Å². The molecule has 0 heterocycles. The number of hydrogen-bond donors (Lipinski definition) is 1. The lowest BCUT2D eigenvalue weighted by molar-refractivity contribution is 0.102. The van der Waals surface area contributed by atoms with Crippen molar-refractivity contribution in [3.05, 3.63) is 59.7 Å². The van der Waals surface area contributed by atoms with Gasteiger partial charge in [0.2, 0.25) is 0 Å². The molecule has 0 radical (unpaired) electrons. The summed E-state index contributed by atoms with van der Waals surface area (Å²) in [6, 6.07) is 15.1. The minimum Gasteiger partial charge on any atom is -0.497 e. The van der Waals surface area contributed by atoms with Crippen molar-refractivity contribution in [2.24, 2.45) is 0 Å². The van der Waals surface area contributed by atoms with Crippen LogP contribution in [0.3, 0.4) is 0 Å². The highest BCUT2D eigenvalue weighted by molar-refractivity contribution is 6.04. The lowest BCUT2D eigenvalue weighted by atomic mass is 9.97. The minimum atomic E-state index is -0.121. The molecule has 0 saturated carbocycles. The first-order chi connectivity index (χ1) is 10.2. The van der Waals surface area contributed by atoms with Gasteiger partial charge in [-0.3, -0.25) is 4.79 Å². The Balaban J connectivity index is 2.23. The van der Waals surface area contributed by atoms with Crippen LogP contribution in [0.2, 0.25) is 0 Å². The number of rotatable bonds is 5. The van der Waals surface area contributed by atoms with Gasteiger partial charge < -0.3 is 10.1 Å². The third-order valence-electron chi connectivity index (χ3n) is 3.68. The average molecular weight is 283 g/mol. The molecule has 0 aliphatic carbocycles. The largest absolute Gasteiger partial charge is 0.497 e. The zero-order valence-electron chi connectivity index (χ0n) is 12.7. The summed E-state index contributed by atoms with van der Waals surface area (Å²) in [5, 5.41) is 3.00. The Labute approximate surface area is 126 Å². The molecule has 3 nitrogen and oxygen atoms in total. The summed E-state index contributed by atoms with van der Waals surface area (Å²) in [5.41, 5.74) is 2.63. The van der Waals surface area contributed by atoms with Crippen molar-refractivity contribution in [2.75, 3.05) is 12.4 Å². The fourth-order valence-electron chi connectivity index (χ4n) is 2.22. The van der Waals surface area contributed by atoms with Gasteiger partial charge in [-0.2, -0.15) is 0 Å². The van der Waals surface area contributed by atoms with Crippen LogP contribution < -0.4 is 10.1 Å². The number of anilines is 1. The van der Waals surface area contributed by atoms with Gasteiger partial charge in [0.15, 0.2) is 0 Å². The zero-order valence-corrected chi connectivity index (χ0v) is 12.7. The number of nitrogens with one attached hydrogen (secondary N) is 1. The van der Waals surface area contributed by atoms with E-state index in [4.69, 9.17) is 4.74 Å². The van der Waals surface area contributed by atoms with Gasteiger partial charge in [0.1, 0.15) is 5.75 Å². The highest BCUT2D eigenvalue weighted by atomic mass is 16.5. The minimum absolute atomic E-state index is 0.121. The van der Waals surface area contributed by atoms with Crippen LogP contribution in [0.25, 0.3) is 0 Å². The van der Waals surface area contributed by atoms with Crippen LogP contribution in [0.15, 0.2) is 48.5 Å². The molecular formula is C18H21NO2. The van der Waals surface area contributed by atoms with Gasteiger partial charge in [0.05, 0.1) is 7.11 Å². The summed E-state index contributed by atoms with van der Waals surface area (Å²) in [6.07, 6.45) is 1.03. The van der Waals surface area contributed by atoms with Crippen molar-refractivity contribution >= 4 is 11.6 Å². The van der Waals surface area contributed by atoms with Crippen molar-refractivity contribution in [1.29, 1.82) is 0 Å². The summed E-state index contributed by atoms with van der Waals surface area (Å²) in [6.45, 7) is 4.31. The van der Waals surface area contributed by atoms with E-state index in [1.54, 1.807) is 19.2 Å². The third-order valence-corrected chi connectivity index (χ3v) is 3.68. The van der Waals surface area contributed by atoms with Crippen LogP contribution in [0, 0.1) is 0 Å². The highest BCUT2D eigenvalue weighted by Crippen LogP contribution is 2.27. The first-order valence-corrected chi connectivity index (χ1v) is 7.20. The molecule has 21 heavy (non-hydrogen) atoms. The van der Waals surface area contributed by atoms with Crippen LogP contribution in [0.5, 0.6) is 5.75 Å². The number of carbonyl (C=O) groups is 1. The molecule has 2 aromatic carbocycles. The van der Waals surface area contributed by atoms with E-state index in [1.807, 2.05) is 30.3 Å². The van der Waals surface area contributed by atoms with E-state index in [0.717, 1.165) is 17.7 Å². The standard InChI is InChI=1S/C18H21NO2/c1-4-13(2)16-10-5-6-11-17(16)19-18(20)14-8-7-9-15(12-14)21-3/h5-13H,4H2,1-3H3,(H,19,20)/t13-/m0/s1. The molecule has 3 heteroatoms. The molecule has 0 spiro atoms. The van der Waals surface area contributed by atoms with Crippen molar-refractivity contribution < 1.29 is 9.53 Å². The zero-order chi connectivity index (χ0) is 15.2. The predicted octanol–water partition coefficient (Wildman–Crippen LogP) is 4.46. The first kappa shape index (κ1) is 15.1. The number of carbonyl (C=O) groups excluding carboxylic acids is 1. The molecule has 0 aliphatic rings. The number of methoxy groups -OCH3 is 1. The molecule has 0 saturated heterocycles. The maximum absolute atomic E-state index is 12.4. The van der Waals surface area contributed by atoms with E-state index in [-0.39, 0.29) is 5.91 Å². The van der Waals surface area contributed by atoms with Crippen LogP contribution in [-0.2, 0) is 0 Å². The number of hydrogen-bond acceptors (Lipinski definition) is 2. The Bertz CT molecular complexity index is 622. The maximum Gasteiger partial charge on any atom is 0.255 e. The van der Waals surface area contributed by atoms with E-state index in [2.05, 4.69) is 25.2 Å². The lowest BCUT2D eigenvalue weighted by Gasteiger charge is -2.15.